The summed E-state index contributed by atoms with van der Waals surface area (Å²) >= 11 is 2.41. The largest absolute Gasteiger partial charge is 0.310 e. The summed E-state index contributed by atoms with van der Waals surface area (Å²) in [5, 5.41) is 10.1. The molecule has 0 aromatic heterocycles. The van der Waals surface area contributed by atoms with Gasteiger partial charge in [0.1, 0.15) is 0 Å². The van der Waals surface area contributed by atoms with E-state index in [-0.39, 0.29) is 0 Å². The van der Waals surface area contributed by atoms with Crippen LogP contribution >= 0.6 is 11.8 Å². The molecule has 168 valence electrons. The minimum absolute atomic E-state index is 0.774. The van der Waals surface area contributed by atoms with Crippen LogP contribution in [-0.2, 0) is 0 Å². The van der Waals surface area contributed by atoms with Crippen LogP contribution < -0.4 is 10.6 Å². The van der Waals surface area contributed by atoms with Crippen LogP contribution in [0.5, 0.6) is 0 Å². The molecule has 0 spiro atoms. The molecule has 8 unspecified atom stereocenters. The van der Waals surface area contributed by atoms with Crippen molar-refractivity contribution in [3.63, 3.8) is 0 Å². The second-order valence-electron chi connectivity index (χ2n) is 11.1. The van der Waals surface area contributed by atoms with E-state index in [1.54, 1.807) is 0 Å². The first-order chi connectivity index (χ1) is 14.2. The zero-order valence-electron chi connectivity index (χ0n) is 19.3. The van der Waals surface area contributed by atoms with Crippen molar-refractivity contribution in [1.82, 2.24) is 10.6 Å². The van der Waals surface area contributed by atoms with Crippen LogP contribution in [0.2, 0.25) is 0 Å². The Kier molecular flexibility index (Phi) is 8.70. The summed E-state index contributed by atoms with van der Waals surface area (Å²) in [5.74, 6) is 1.77. The normalized spacial score (nSPS) is 44.5. The van der Waals surface area contributed by atoms with Gasteiger partial charge in [0, 0.05) is 34.7 Å². The summed E-state index contributed by atoms with van der Waals surface area (Å²) in [7, 11) is 0. The zero-order chi connectivity index (χ0) is 20.1. The summed E-state index contributed by atoms with van der Waals surface area (Å²) in [6.07, 6.45) is 23.1. The van der Waals surface area contributed by atoms with Gasteiger partial charge in [-0.15, -0.1) is 0 Å². The van der Waals surface area contributed by atoms with Gasteiger partial charge in [-0.1, -0.05) is 65.2 Å². The highest BCUT2D eigenvalue weighted by molar-refractivity contribution is 8.00. The maximum absolute atomic E-state index is 4.21. The first kappa shape index (κ1) is 22.5. The number of rotatable bonds is 6. The van der Waals surface area contributed by atoms with Crippen molar-refractivity contribution in [2.24, 2.45) is 11.8 Å². The molecule has 2 nitrogen and oxygen atoms in total. The van der Waals surface area contributed by atoms with Crippen LogP contribution in [0, 0.1) is 11.8 Å². The Bertz CT molecular complexity index is 441. The SMILES string of the molecule is CC1CCCCC1NC1CCCCC1SC1CCCCC1NC1CCCCC1C. The molecule has 0 bridgehead atoms. The molecule has 0 aliphatic heterocycles. The second-order valence-corrected chi connectivity index (χ2v) is 12.5. The first-order valence-corrected chi connectivity index (χ1v) is 14.3. The van der Waals surface area contributed by atoms with Crippen molar-refractivity contribution >= 4 is 11.8 Å². The third-order valence-electron chi connectivity index (χ3n) is 8.83. The third kappa shape index (κ3) is 6.16. The fourth-order valence-corrected chi connectivity index (χ4v) is 8.67. The highest BCUT2D eigenvalue weighted by Gasteiger charge is 2.36. The van der Waals surface area contributed by atoms with Crippen LogP contribution in [0.4, 0.5) is 0 Å². The van der Waals surface area contributed by atoms with Gasteiger partial charge in [-0.25, -0.2) is 0 Å². The summed E-state index contributed by atoms with van der Waals surface area (Å²) in [6.45, 7) is 4.99. The van der Waals surface area contributed by atoms with Crippen LogP contribution in [0.15, 0.2) is 0 Å². The van der Waals surface area contributed by atoms with Crippen LogP contribution in [0.25, 0.3) is 0 Å². The van der Waals surface area contributed by atoms with Gasteiger partial charge in [-0.2, -0.15) is 11.8 Å². The summed E-state index contributed by atoms with van der Waals surface area (Å²) in [6, 6.07) is 3.13. The van der Waals surface area contributed by atoms with E-state index >= 15 is 0 Å². The monoisotopic (exact) mass is 420 g/mol. The molecule has 4 saturated carbocycles. The topological polar surface area (TPSA) is 24.1 Å². The molecule has 0 radical (unpaired) electrons. The number of hydrogen-bond acceptors (Lipinski definition) is 3. The zero-order valence-corrected chi connectivity index (χ0v) is 20.2. The molecule has 2 N–H and O–H groups in total. The fourth-order valence-electron chi connectivity index (χ4n) is 6.80. The first-order valence-electron chi connectivity index (χ1n) is 13.4. The van der Waals surface area contributed by atoms with E-state index in [1.807, 2.05) is 0 Å². The summed E-state index contributed by atoms with van der Waals surface area (Å²) < 4.78 is 0. The minimum Gasteiger partial charge on any atom is -0.310 e. The molecular formula is C26H48N2S. The Morgan fingerprint density at radius 2 is 0.793 bits per heavy atom. The van der Waals surface area contributed by atoms with E-state index in [0.29, 0.717) is 0 Å². The quantitative estimate of drug-likeness (QED) is 0.501. The predicted octanol–water partition coefficient (Wildman–Crippen LogP) is 6.68. The van der Waals surface area contributed by atoms with Crippen LogP contribution in [-0.4, -0.2) is 34.7 Å². The standard InChI is InChI=1S/C26H48N2S/c1-19-11-3-5-13-21(19)27-23-15-7-9-17-25(23)29-26-18-10-8-16-24(26)28-22-14-6-4-12-20(22)2/h19-28H,3-18H2,1-2H3. The van der Waals surface area contributed by atoms with Crippen LogP contribution in [0.1, 0.15) is 117 Å². The lowest BCUT2D eigenvalue weighted by Gasteiger charge is -2.43. The molecule has 4 aliphatic carbocycles. The molecule has 4 fully saturated rings. The Morgan fingerprint density at radius 1 is 0.448 bits per heavy atom. The highest BCUT2D eigenvalue weighted by Crippen LogP contribution is 2.39. The average molecular weight is 421 g/mol. The molecule has 0 aromatic carbocycles. The predicted molar refractivity (Wildman–Crippen MR) is 129 cm³/mol. The van der Waals surface area contributed by atoms with Crippen LogP contribution in [0.3, 0.4) is 0 Å². The van der Waals surface area contributed by atoms with E-state index < -0.39 is 0 Å². The van der Waals surface area contributed by atoms with Gasteiger partial charge in [0.05, 0.1) is 0 Å². The van der Waals surface area contributed by atoms with Crippen molar-refractivity contribution in [2.45, 2.75) is 151 Å². The number of thioether (sulfide) groups is 1. The Balaban J connectivity index is 1.35. The molecule has 8 atom stereocenters. The molecule has 0 amide bonds. The lowest BCUT2D eigenvalue weighted by Crippen LogP contribution is -2.52. The fraction of sp³-hybridized carbons (Fsp3) is 1.00. The van der Waals surface area contributed by atoms with Crippen molar-refractivity contribution in [2.75, 3.05) is 0 Å². The van der Waals surface area contributed by atoms with E-state index in [9.17, 15) is 0 Å². The molecular weight excluding hydrogens is 372 g/mol. The maximum Gasteiger partial charge on any atom is 0.0204 e. The van der Waals surface area contributed by atoms with Crippen molar-refractivity contribution in [3.05, 3.63) is 0 Å². The molecule has 4 aliphatic rings. The highest BCUT2D eigenvalue weighted by atomic mass is 32.2. The van der Waals surface area contributed by atoms with E-state index in [2.05, 4.69) is 36.2 Å². The number of hydrogen-bond donors (Lipinski definition) is 2. The Labute approximate surface area is 185 Å². The number of nitrogens with one attached hydrogen (secondary N) is 2. The molecule has 0 aromatic rings. The third-order valence-corrected chi connectivity index (χ3v) is 10.7. The smallest absolute Gasteiger partial charge is 0.0204 e. The average Bonchev–Trinajstić information content (AvgIpc) is 2.74. The van der Waals surface area contributed by atoms with E-state index in [0.717, 1.165) is 46.5 Å². The molecule has 4 rings (SSSR count). The summed E-state index contributed by atoms with van der Waals surface area (Å²) in [4.78, 5) is 0. The van der Waals surface area contributed by atoms with Gasteiger partial charge >= 0.3 is 0 Å². The lowest BCUT2D eigenvalue weighted by atomic mass is 9.84. The van der Waals surface area contributed by atoms with Gasteiger partial charge < -0.3 is 10.6 Å². The molecule has 29 heavy (non-hydrogen) atoms. The van der Waals surface area contributed by atoms with Gasteiger partial charge in [0.2, 0.25) is 0 Å². The minimum atomic E-state index is 0.774. The molecule has 3 heteroatoms. The lowest BCUT2D eigenvalue weighted by molar-refractivity contribution is 0.233. The van der Waals surface area contributed by atoms with Crippen molar-refractivity contribution in [1.29, 1.82) is 0 Å². The van der Waals surface area contributed by atoms with Gasteiger partial charge in [0.25, 0.3) is 0 Å². The Hall–Kier alpha value is 0.270. The van der Waals surface area contributed by atoms with Gasteiger partial charge in [0.15, 0.2) is 0 Å². The van der Waals surface area contributed by atoms with Crippen molar-refractivity contribution < 1.29 is 0 Å². The molecule has 0 saturated heterocycles. The Morgan fingerprint density at radius 3 is 1.21 bits per heavy atom. The van der Waals surface area contributed by atoms with E-state index in [1.165, 1.54) is 103 Å². The van der Waals surface area contributed by atoms with Gasteiger partial charge in [-0.05, 0) is 63.2 Å². The van der Waals surface area contributed by atoms with E-state index in [4.69, 9.17) is 0 Å². The summed E-state index contributed by atoms with van der Waals surface area (Å²) in [5.41, 5.74) is 0. The molecule has 0 heterocycles. The van der Waals surface area contributed by atoms with Gasteiger partial charge in [-0.3, -0.25) is 0 Å². The van der Waals surface area contributed by atoms with Crippen molar-refractivity contribution in [3.8, 4) is 0 Å². The maximum atomic E-state index is 4.21. The second kappa shape index (κ2) is 11.2.